The van der Waals surface area contributed by atoms with Gasteiger partial charge in [0, 0.05) is 22.2 Å². The summed E-state index contributed by atoms with van der Waals surface area (Å²) in [5.74, 6) is -3.32. The lowest BCUT2D eigenvalue weighted by Gasteiger charge is -2.21. The first kappa shape index (κ1) is 12.0. The molecular weight excluding hydrogens is 226 g/mol. The van der Waals surface area contributed by atoms with E-state index in [9.17, 15) is 8.78 Å². The van der Waals surface area contributed by atoms with Crippen molar-refractivity contribution in [2.75, 3.05) is 6.61 Å². The van der Waals surface area contributed by atoms with Gasteiger partial charge in [0.05, 0.1) is 6.04 Å². The number of aliphatic hydroxyl groups excluding tert-OH is 1. The van der Waals surface area contributed by atoms with Gasteiger partial charge in [-0.1, -0.05) is 18.2 Å². The predicted molar refractivity (Wildman–Crippen MR) is 62.0 cm³/mol. The highest BCUT2D eigenvalue weighted by Crippen LogP contribution is 2.35. The first-order valence-corrected chi connectivity index (χ1v) is 5.29. The van der Waals surface area contributed by atoms with Crippen molar-refractivity contribution < 1.29 is 13.9 Å². The fraction of sp³-hybridized carbons (Fsp3) is 0.333. The molecule has 1 atom stereocenters. The normalized spacial score (nSPS) is 14.2. The summed E-state index contributed by atoms with van der Waals surface area (Å²) in [5, 5.41) is 9.36. The number of fused-ring (bicyclic) bond motifs is 1. The molecular formula is C12H14F2N2O. The highest BCUT2D eigenvalue weighted by atomic mass is 19.3. The van der Waals surface area contributed by atoms with Crippen LogP contribution in [0.1, 0.15) is 17.3 Å². The molecule has 1 heterocycles. The van der Waals surface area contributed by atoms with Gasteiger partial charge in [0.25, 0.3) is 5.92 Å². The summed E-state index contributed by atoms with van der Waals surface area (Å²) in [7, 11) is 0. The van der Waals surface area contributed by atoms with E-state index in [1.165, 1.54) is 0 Å². The number of aryl methyl sites for hydroxylation is 1. The predicted octanol–water partition coefficient (Wildman–Crippen LogP) is 2.10. The lowest BCUT2D eigenvalue weighted by Crippen LogP contribution is -2.36. The molecule has 0 radical (unpaired) electrons. The van der Waals surface area contributed by atoms with Crippen LogP contribution in [0.25, 0.3) is 10.9 Å². The quantitative estimate of drug-likeness (QED) is 0.769. The van der Waals surface area contributed by atoms with E-state index in [1.54, 1.807) is 25.1 Å². The third-order valence-electron chi connectivity index (χ3n) is 2.92. The summed E-state index contributed by atoms with van der Waals surface area (Å²) in [4.78, 5) is 3.01. The molecule has 2 aromatic rings. The SMILES string of the molecule is Cc1[nH]c2ccccc2c1[C@@H](N)C(F)(F)CO. The number of aromatic amines is 1. The minimum Gasteiger partial charge on any atom is -0.390 e. The molecule has 0 spiro atoms. The number of halogens is 2. The summed E-state index contributed by atoms with van der Waals surface area (Å²) in [6.45, 7) is 0.440. The first-order valence-electron chi connectivity index (χ1n) is 5.29. The Balaban J connectivity index is 2.59. The number of aliphatic hydroxyl groups is 1. The monoisotopic (exact) mass is 240 g/mol. The number of rotatable bonds is 3. The molecule has 1 aromatic carbocycles. The maximum atomic E-state index is 13.4. The molecule has 92 valence electrons. The third-order valence-corrected chi connectivity index (χ3v) is 2.92. The average Bonchev–Trinajstić information content (AvgIpc) is 2.64. The smallest absolute Gasteiger partial charge is 0.289 e. The van der Waals surface area contributed by atoms with Crippen LogP contribution in [0, 0.1) is 6.92 Å². The van der Waals surface area contributed by atoms with Crippen molar-refractivity contribution >= 4 is 10.9 Å². The van der Waals surface area contributed by atoms with Crippen LogP contribution in [0.5, 0.6) is 0 Å². The van der Waals surface area contributed by atoms with Crippen molar-refractivity contribution in [1.29, 1.82) is 0 Å². The van der Waals surface area contributed by atoms with Crippen LogP contribution in [0.4, 0.5) is 8.78 Å². The van der Waals surface area contributed by atoms with Crippen LogP contribution in [-0.4, -0.2) is 22.6 Å². The van der Waals surface area contributed by atoms with Gasteiger partial charge >= 0.3 is 0 Å². The zero-order valence-corrected chi connectivity index (χ0v) is 9.37. The van der Waals surface area contributed by atoms with Crippen molar-refractivity contribution in [2.45, 2.75) is 18.9 Å². The number of hydrogen-bond acceptors (Lipinski definition) is 2. The van der Waals surface area contributed by atoms with E-state index in [1.807, 2.05) is 6.07 Å². The Kier molecular flexibility index (Phi) is 2.89. The second kappa shape index (κ2) is 4.09. The van der Waals surface area contributed by atoms with Crippen molar-refractivity contribution in [3.63, 3.8) is 0 Å². The van der Waals surface area contributed by atoms with Gasteiger partial charge in [-0.15, -0.1) is 0 Å². The number of nitrogens with two attached hydrogens (primary N) is 1. The van der Waals surface area contributed by atoms with Crippen molar-refractivity contribution in [1.82, 2.24) is 4.98 Å². The third kappa shape index (κ3) is 1.92. The summed E-state index contributed by atoms with van der Waals surface area (Å²) < 4.78 is 26.9. The van der Waals surface area contributed by atoms with Crippen LogP contribution in [0.3, 0.4) is 0 Å². The first-order chi connectivity index (χ1) is 7.97. The van der Waals surface area contributed by atoms with Gasteiger partial charge < -0.3 is 15.8 Å². The van der Waals surface area contributed by atoms with Gasteiger partial charge in [-0.25, -0.2) is 8.78 Å². The van der Waals surface area contributed by atoms with Crippen molar-refractivity contribution in [2.24, 2.45) is 5.73 Å². The Morgan fingerprint density at radius 1 is 1.41 bits per heavy atom. The molecule has 0 fully saturated rings. The molecule has 0 aliphatic heterocycles. The topological polar surface area (TPSA) is 62.0 Å². The lowest BCUT2D eigenvalue weighted by atomic mass is 9.99. The Labute approximate surface area is 97.2 Å². The average molecular weight is 240 g/mol. The number of hydrogen-bond donors (Lipinski definition) is 3. The van der Waals surface area contributed by atoms with Gasteiger partial charge in [0.15, 0.2) is 0 Å². The molecule has 0 saturated heterocycles. The Morgan fingerprint density at radius 3 is 2.71 bits per heavy atom. The molecule has 5 heteroatoms. The van der Waals surface area contributed by atoms with E-state index in [4.69, 9.17) is 10.8 Å². The second-order valence-corrected chi connectivity index (χ2v) is 4.11. The zero-order valence-electron chi connectivity index (χ0n) is 9.37. The largest absolute Gasteiger partial charge is 0.390 e. The minimum atomic E-state index is -3.32. The molecule has 0 saturated carbocycles. The van der Waals surface area contributed by atoms with Crippen molar-refractivity contribution in [3.05, 3.63) is 35.5 Å². The van der Waals surface area contributed by atoms with E-state index >= 15 is 0 Å². The molecule has 2 rings (SSSR count). The van der Waals surface area contributed by atoms with Crippen LogP contribution < -0.4 is 5.73 Å². The molecule has 0 aliphatic rings. The molecule has 1 aromatic heterocycles. The molecule has 4 N–H and O–H groups in total. The Hall–Kier alpha value is -1.46. The molecule has 17 heavy (non-hydrogen) atoms. The van der Waals surface area contributed by atoms with E-state index in [2.05, 4.69) is 4.98 Å². The number of para-hydroxylation sites is 1. The van der Waals surface area contributed by atoms with Gasteiger partial charge in [-0.2, -0.15) is 0 Å². The number of nitrogens with one attached hydrogen (secondary N) is 1. The molecule has 0 aliphatic carbocycles. The molecule has 0 amide bonds. The fourth-order valence-electron chi connectivity index (χ4n) is 2.01. The maximum Gasteiger partial charge on any atom is 0.289 e. The van der Waals surface area contributed by atoms with E-state index in [0.717, 1.165) is 5.52 Å². The van der Waals surface area contributed by atoms with Crippen LogP contribution in [0.2, 0.25) is 0 Å². The highest BCUT2D eigenvalue weighted by Gasteiger charge is 2.39. The van der Waals surface area contributed by atoms with E-state index in [-0.39, 0.29) is 0 Å². The lowest BCUT2D eigenvalue weighted by molar-refractivity contribution is -0.0709. The number of benzene rings is 1. The van der Waals surface area contributed by atoms with E-state index in [0.29, 0.717) is 16.6 Å². The van der Waals surface area contributed by atoms with Gasteiger partial charge in [0.1, 0.15) is 6.61 Å². The fourth-order valence-corrected chi connectivity index (χ4v) is 2.01. The van der Waals surface area contributed by atoms with E-state index < -0.39 is 18.6 Å². The number of alkyl halides is 2. The molecule has 3 nitrogen and oxygen atoms in total. The summed E-state index contributed by atoms with van der Waals surface area (Å²) in [5.41, 5.74) is 7.30. The maximum absolute atomic E-state index is 13.4. The van der Waals surface area contributed by atoms with Crippen molar-refractivity contribution in [3.8, 4) is 0 Å². The zero-order chi connectivity index (χ0) is 12.6. The number of H-pyrrole nitrogens is 1. The van der Waals surface area contributed by atoms with Gasteiger partial charge in [0.2, 0.25) is 0 Å². The summed E-state index contributed by atoms with van der Waals surface area (Å²) in [6, 6.07) is 5.61. The highest BCUT2D eigenvalue weighted by molar-refractivity contribution is 5.85. The minimum absolute atomic E-state index is 0.361. The summed E-state index contributed by atoms with van der Waals surface area (Å²) in [6.07, 6.45) is 0. The van der Waals surface area contributed by atoms with Crippen LogP contribution in [0.15, 0.2) is 24.3 Å². The van der Waals surface area contributed by atoms with Crippen LogP contribution >= 0.6 is 0 Å². The summed E-state index contributed by atoms with van der Waals surface area (Å²) >= 11 is 0. The number of aromatic nitrogens is 1. The standard InChI is InChI=1S/C12H14F2N2O/c1-7-10(11(15)12(13,14)6-17)8-4-2-3-5-9(8)16-7/h2-5,11,16-17H,6,15H2,1H3/t11-/m1/s1. The second-order valence-electron chi connectivity index (χ2n) is 4.11. The van der Waals surface area contributed by atoms with Gasteiger partial charge in [-0.05, 0) is 13.0 Å². The van der Waals surface area contributed by atoms with Crippen LogP contribution in [-0.2, 0) is 0 Å². The molecule has 0 bridgehead atoms. The van der Waals surface area contributed by atoms with Gasteiger partial charge in [-0.3, -0.25) is 0 Å². The Bertz CT molecular complexity index is 536. The molecule has 0 unspecified atom stereocenters. The Morgan fingerprint density at radius 2 is 2.06 bits per heavy atom.